The number of benzene rings is 2. The zero-order chi connectivity index (χ0) is 23.5. The number of nitrogens with zero attached hydrogens (tertiary/aromatic N) is 3. The van der Waals surface area contributed by atoms with Crippen LogP contribution in [-0.4, -0.2) is 98.1 Å². The van der Waals surface area contributed by atoms with Gasteiger partial charge in [-0.2, -0.15) is 0 Å². The van der Waals surface area contributed by atoms with Gasteiger partial charge in [-0.15, -0.1) is 0 Å². The van der Waals surface area contributed by atoms with Crippen molar-refractivity contribution in [1.29, 1.82) is 0 Å². The van der Waals surface area contributed by atoms with Crippen LogP contribution in [0.1, 0.15) is 11.1 Å². The van der Waals surface area contributed by atoms with Crippen molar-refractivity contribution < 1.29 is 14.3 Å². The molecule has 2 aromatic carbocycles. The number of cyclic esters (lactones) is 1. The summed E-state index contributed by atoms with van der Waals surface area (Å²) in [6.07, 6.45) is 0. The molecule has 3 aliphatic heterocycles. The fourth-order valence-electron chi connectivity index (χ4n) is 5.33. The highest BCUT2D eigenvalue weighted by atomic mass is 16.6. The van der Waals surface area contributed by atoms with Crippen LogP contribution in [0.5, 0.6) is 0 Å². The second kappa shape index (κ2) is 9.84. The van der Waals surface area contributed by atoms with Crippen LogP contribution in [0.25, 0.3) is 0 Å². The molecule has 3 fully saturated rings. The molecular formula is C26H33N5O3. The number of rotatable bonds is 6. The van der Waals surface area contributed by atoms with Crippen molar-refractivity contribution in [2.45, 2.75) is 17.8 Å². The molecule has 0 aliphatic carbocycles. The molecule has 2 unspecified atom stereocenters. The van der Waals surface area contributed by atoms with E-state index in [1.165, 1.54) is 0 Å². The van der Waals surface area contributed by atoms with E-state index in [0.29, 0.717) is 19.6 Å². The number of amides is 1. The van der Waals surface area contributed by atoms with Crippen molar-refractivity contribution in [2.75, 3.05) is 59.4 Å². The van der Waals surface area contributed by atoms with E-state index in [0.717, 1.165) is 43.9 Å². The molecule has 34 heavy (non-hydrogen) atoms. The first-order valence-corrected chi connectivity index (χ1v) is 12.1. The number of likely N-dealkylation sites (N-methyl/N-ethyl adjacent to an activating group) is 1. The van der Waals surface area contributed by atoms with E-state index >= 15 is 0 Å². The Labute approximate surface area is 200 Å². The summed E-state index contributed by atoms with van der Waals surface area (Å²) in [5.41, 5.74) is 0.537. The van der Waals surface area contributed by atoms with E-state index in [1.54, 1.807) is 0 Å². The minimum Gasteiger partial charge on any atom is -0.434 e. The number of piperazine rings is 2. The van der Waals surface area contributed by atoms with E-state index in [4.69, 9.17) is 4.74 Å². The maximum absolute atomic E-state index is 13.5. The van der Waals surface area contributed by atoms with Crippen LogP contribution in [0.4, 0.5) is 0 Å². The molecule has 5 rings (SSSR count). The molecule has 3 aliphatic rings. The average molecular weight is 464 g/mol. The van der Waals surface area contributed by atoms with Crippen LogP contribution in [0, 0.1) is 0 Å². The number of ether oxygens (including phenoxy) is 1. The summed E-state index contributed by atoms with van der Waals surface area (Å²) in [7, 11) is 2.14. The van der Waals surface area contributed by atoms with Crippen molar-refractivity contribution in [1.82, 2.24) is 25.3 Å². The zero-order valence-electron chi connectivity index (χ0n) is 19.7. The zero-order valence-corrected chi connectivity index (χ0v) is 19.7. The molecule has 3 saturated heterocycles. The quantitative estimate of drug-likeness (QED) is 0.603. The van der Waals surface area contributed by atoms with Crippen molar-refractivity contribution >= 4 is 11.9 Å². The van der Waals surface area contributed by atoms with Crippen LogP contribution < -0.4 is 10.6 Å². The molecule has 0 aromatic heterocycles. The fourth-order valence-corrected chi connectivity index (χ4v) is 5.33. The molecule has 0 spiro atoms. The van der Waals surface area contributed by atoms with Crippen LogP contribution in [0.3, 0.4) is 0 Å². The van der Waals surface area contributed by atoms with E-state index in [9.17, 15) is 9.59 Å². The first-order chi connectivity index (χ1) is 16.6. The van der Waals surface area contributed by atoms with E-state index in [1.807, 2.05) is 65.6 Å². The van der Waals surface area contributed by atoms with Crippen molar-refractivity contribution in [2.24, 2.45) is 0 Å². The third-order valence-electron chi connectivity index (χ3n) is 7.19. The molecule has 8 nitrogen and oxygen atoms in total. The second-order valence-corrected chi connectivity index (χ2v) is 9.33. The third kappa shape index (κ3) is 4.22. The lowest BCUT2D eigenvalue weighted by Gasteiger charge is -2.44. The Kier molecular flexibility index (Phi) is 6.65. The molecule has 2 N–H and O–H groups in total. The van der Waals surface area contributed by atoms with Gasteiger partial charge in [0, 0.05) is 63.5 Å². The highest BCUT2D eigenvalue weighted by Crippen LogP contribution is 2.45. The normalized spacial score (nSPS) is 25.5. The summed E-state index contributed by atoms with van der Waals surface area (Å²) in [4.78, 5) is 33.3. The second-order valence-electron chi connectivity index (χ2n) is 9.33. The average Bonchev–Trinajstić information content (AvgIpc) is 3.20. The van der Waals surface area contributed by atoms with Gasteiger partial charge in [-0.25, -0.2) is 4.90 Å². The van der Waals surface area contributed by atoms with E-state index < -0.39 is 17.8 Å². The number of nitrogens with one attached hydrogen (secondary N) is 2. The van der Waals surface area contributed by atoms with Gasteiger partial charge in [0.15, 0.2) is 0 Å². The maximum atomic E-state index is 13.5. The summed E-state index contributed by atoms with van der Waals surface area (Å²) in [6, 6.07) is 18.4. The van der Waals surface area contributed by atoms with Gasteiger partial charge in [0.05, 0.1) is 0 Å². The lowest BCUT2D eigenvalue weighted by molar-refractivity contribution is -0.153. The van der Waals surface area contributed by atoms with Crippen molar-refractivity contribution in [3.63, 3.8) is 0 Å². The molecule has 0 saturated carbocycles. The van der Waals surface area contributed by atoms with Gasteiger partial charge in [-0.1, -0.05) is 60.7 Å². The Hall–Kier alpha value is -2.78. The van der Waals surface area contributed by atoms with E-state index in [-0.39, 0.29) is 11.9 Å². The Morgan fingerprint density at radius 3 is 2.24 bits per heavy atom. The first kappa shape index (κ1) is 23.0. The minimum atomic E-state index is -1.15. The van der Waals surface area contributed by atoms with Crippen molar-refractivity contribution in [3.8, 4) is 0 Å². The first-order valence-electron chi connectivity index (χ1n) is 12.1. The number of carbonyl (C=O) groups excluding carboxylic acids is 2. The fraction of sp³-hybridized carbons (Fsp3) is 0.462. The molecule has 180 valence electrons. The summed E-state index contributed by atoms with van der Waals surface area (Å²) >= 11 is 0. The van der Waals surface area contributed by atoms with Gasteiger partial charge in [0.1, 0.15) is 12.1 Å². The number of fused-ring (bicyclic) bond motifs is 1. The highest BCUT2D eigenvalue weighted by Gasteiger charge is 2.60. The number of esters is 1. The Bertz CT molecular complexity index is 955. The van der Waals surface area contributed by atoms with Gasteiger partial charge in [-0.05, 0) is 7.05 Å². The van der Waals surface area contributed by atoms with Crippen LogP contribution in [0.15, 0.2) is 60.7 Å². The molecule has 2 aromatic rings. The SMILES string of the molecule is CN1CCN(CCNC(=O)C2CNCC3C(=O)OC(c4ccccc4)(c4ccccc4)N23)CC1. The number of carbonyl (C=O) groups is 2. The van der Waals surface area contributed by atoms with Gasteiger partial charge in [0.25, 0.3) is 0 Å². The van der Waals surface area contributed by atoms with Gasteiger partial charge in [-0.3, -0.25) is 14.5 Å². The van der Waals surface area contributed by atoms with Gasteiger partial charge in [0.2, 0.25) is 11.6 Å². The molecular weight excluding hydrogens is 430 g/mol. The Balaban J connectivity index is 1.41. The molecule has 1 amide bonds. The third-order valence-corrected chi connectivity index (χ3v) is 7.19. The highest BCUT2D eigenvalue weighted by molar-refractivity contribution is 5.86. The maximum Gasteiger partial charge on any atom is 0.327 e. The standard InChI is InChI=1S/C26H33N5O3/c1-29-14-16-30(17-15-29)13-12-28-24(32)22-18-27-19-23-25(33)34-26(31(22)23,20-8-4-2-5-9-20)21-10-6-3-7-11-21/h2-11,22-23,27H,12-19H2,1H3,(H,28,32). The van der Waals surface area contributed by atoms with Crippen LogP contribution >= 0.6 is 0 Å². The largest absolute Gasteiger partial charge is 0.434 e. The summed E-state index contributed by atoms with van der Waals surface area (Å²) < 4.78 is 6.21. The Morgan fingerprint density at radius 2 is 1.62 bits per heavy atom. The van der Waals surface area contributed by atoms with Crippen molar-refractivity contribution in [3.05, 3.63) is 71.8 Å². The van der Waals surface area contributed by atoms with Crippen LogP contribution in [0.2, 0.25) is 0 Å². The van der Waals surface area contributed by atoms with Gasteiger partial charge >= 0.3 is 5.97 Å². The smallest absolute Gasteiger partial charge is 0.327 e. The summed E-state index contributed by atoms with van der Waals surface area (Å²) in [6.45, 7) is 6.42. The topological polar surface area (TPSA) is 77.2 Å². The number of hydrogen-bond donors (Lipinski definition) is 2. The summed E-state index contributed by atoms with van der Waals surface area (Å²) in [5, 5.41) is 6.42. The molecule has 3 heterocycles. The molecule has 2 atom stereocenters. The van der Waals surface area contributed by atoms with E-state index in [2.05, 4.69) is 27.5 Å². The van der Waals surface area contributed by atoms with Gasteiger partial charge < -0.3 is 20.3 Å². The monoisotopic (exact) mass is 463 g/mol. The Morgan fingerprint density at radius 1 is 1.00 bits per heavy atom. The predicted octanol–water partition coefficient (Wildman–Crippen LogP) is 0.451. The van der Waals surface area contributed by atoms with Crippen LogP contribution in [-0.2, 0) is 20.1 Å². The minimum absolute atomic E-state index is 0.0825. The predicted molar refractivity (Wildman–Crippen MR) is 129 cm³/mol. The lowest BCUT2D eigenvalue weighted by Crippen LogP contribution is -2.66. The molecule has 0 bridgehead atoms. The lowest BCUT2D eigenvalue weighted by atomic mass is 9.90. The molecule has 8 heteroatoms. The molecule has 0 radical (unpaired) electrons. The summed E-state index contributed by atoms with van der Waals surface area (Å²) in [5.74, 6) is -0.393. The number of hydrogen-bond acceptors (Lipinski definition) is 7.